The van der Waals surface area contributed by atoms with Crippen LogP contribution in [0.15, 0.2) is 82.8 Å². The van der Waals surface area contributed by atoms with E-state index in [1.54, 1.807) is 42.5 Å². The summed E-state index contributed by atoms with van der Waals surface area (Å²) in [7, 11) is -2.83. The fraction of sp³-hybridized carbons (Fsp3) is 0.160. The fourth-order valence-corrected chi connectivity index (χ4v) is 4.47. The van der Waals surface area contributed by atoms with Gasteiger partial charge in [0.25, 0.3) is 5.91 Å². The molecule has 0 atom stereocenters. The molecule has 3 aromatic carbocycles. The van der Waals surface area contributed by atoms with E-state index in [0.717, 1.165) is 9.87 Å². The van der Waals surface area contributed by atoms with Gasteiger partial charge in [-0.3, -0.25) is 4.79 Å². The zero-order valence-corrected chi connectivity index (χ0v) is 20.0. The Labute approximate surface area is 203 Å². The highest BCUT2D eigenvalue weighted by atomic mass is 32.2. The number of aryl methyl sites for hydroxylation is 1. The molecular formula is C25H24FN3O5S. The van der Waals surface area contributed by atoms with E-state index >= 15 is 0 Å². The zero-order valence-electron chi connectivity index (χ0n) is 19.1. The Kier molecular flexibility index (Phi) is 8.45. The molecule has 0 aliphatic rings. The average Bonchev–Trinajstić information content (AvgIpc) is 2.85. The Morgan fingerprint density at radius 3 is 2.31 bits per heavy atom. The first-order valence-electron chi connectivity index (χ1n) is 10.5. The third-order valence-corrected chi connectivity index (χ3v) is 6.82. The minimum absolute atomic E-state index is 0.0126. The molecule has 0 radical (unpaired) electrons. The molecule has 0 saturated carbocycles. The number of benzene rings is 3. The van der Waals surface area contributed by atoms with Crippen LogP contribution in [0.25, 0.3) is 0 Å². The van der Waals surface area contributed by atoms with Crippen molar-refractivity contribution in [2.24, 2.45) is 5.10 Å². The van der Waals surface area contributed by atoms with Crippen LogP contribution in [0.4, 0.5) is 4.39 Å². The first-order chi connectivity index (χ1) is 16.7. The summed E-state index contributed by atoms with van der Waals surface area (Å²) in [5.41, 5.74) is 4.23. The van der Waals surface area contributed by atoms with Crippen molar-refractivity contribution in [1.29, 1.82) is 0 Å². The number of methoxy groups -OCH3 is 1. The molecule has 0 saturated heterocycles. The molecule has 3 aromatic rings. The first-order valence-corrected chi connectivity index (χ1v) is 11.9. The second kappa shape index (κ2) is 11.5. The third-order valence-electron chi connectivity index (χ3n) is 5.02. The number of nitrogens with one attached hydrogen (secondary N) is 1. The van der Waals surface area contributed by atoms with E-state index in [0.29, 0.717) is 11.1 Å². The van der Waals surface area contributed by atoms with E-state index in [9.17, 15) is 22.4 Å². The number of esters is 1. The Morgan fingerprint density at radius 2 is 1.69 bits per heavy atom. The number of carbonyl (C=O) groups is 2. The molecule has 0 bridgehead atoms. The maximum Gasteiger partial charge on any atom is 0.337 e. The molecule has 0 spiro atoms. The van der Waals surface area contributed by atoms with Gasteiger partial charge in [-0.1, -0.05) is 48.0 Å². The Balaban J connectivity index is 1.76. The number of halogens is 1. The Hall–Kier alpha value is -3.89. The van der Waals surface area contributed by atoms with Crippen molar-refractivity contribution in [3.8, 4) is 0 Å². The number of hydrogen-bond donors (Lipinski definition) is 1. The van der Waals surface area contributed by atoms with Crippen molar-refractivity contribution >= 4 is 28.1 Å². The maximum absolute atomic E-state index is 14.2. The monoisotopic (exact) mass is 497 g/mol. The lowest BCUT2D eigenvalue weighted by Gasteiger charge is -2.22. The molecule has 0 aliphatic carbocycles. The molecule has 0 heterocycles. The Bertz CT molecular complexity index is 1320. The topological polar surface area (TPSA) is 105 Å². The predicted molar refractivity (Wildman–Crippen MR) is 129 cm³/mol. The summed E-state index contributed by atoms with van der Waals surface area (Å²) in [6.45, 7) is 0.903. The lowest BCUT2D eigenvalue weighted by atomic mass is 10.1. The highest BCUT2D eigenvalue weighted by molar-refractivity contribution is 7.89. The molecule has 10 heteroatoms. The van der Waals surface area contributed by atoms with Crippen LogP contribution in [0.5, 0.6) is 0 Å². The number of ether oxygens (including phenoxy) is 1. The lowest BCUT2D eigenvalue weighted by Crippen LogP contribution is -2.39. The summed E-state index contributed by atoms with van der Waals surface area (Å²) >= 11 is 0. The van der Waals surface area contributed by atoms with Crippen LogP contribution in [0, 0.1) is 12.7 Å². The molecule has 3 rings (SSSR count). The Morgan fingerprint density at radius 1 is 1.03 bits per heavy atom. The zero-order chi connectivity index (χ0) is 25.4. The van der Waals surface area contributed by atoms with E-state index in [2.05, 4.69) is 15.3 Å². The van der Waals surface area contributed by atoms with Crippen LogP contribution in [0.2, 0.25) is 0 Å². The van der Waals surface area contributed by atoms with Gasteiger partial charge in [0.1, 0.15) is 5.82 Å². The molecule has 0 fully saturated rings. The maximum atomic E-state index is 14.2. The van der Waals surface area contributed by atoms with Crippen LogP contribution in [-0.2, 0) is 26.1 Å². The van der Waals surface area contributed by atoms with Crippen LogP contribution >= 0.6 is 0 Å². The van der Waals surface area contributed by atoms with Crippen molar-refractivity contribution in [3.63, 3.8) is 0 Å². The van der Waals surface area contributed by atoms with E-state index in [-0.39, 0.29) is 17.0 Å². The molecule has 1 N–H and O–H groups in total. The summed E-state index contributed by atoms with van der Waals surface area (Å²) in [5, 5.41) is 3.84. The van der Waals surface area contributed by atoms with Gasteiger partial charge in [-0.2, -0.15) is 9.41 Å². The second-order valence-corrected chi connectivity index (χ2v) is 9.52. The van der Waals surface area contributed by atoms with Gasteiger partial charge in [0, 0.05) is 12.1 Å². The number of rotatable bonds is 9. The fourth-order valence-electron chi connectivity index (χ4n) is 3.10. The van der Waals surface area contributed by atoms with Crippen molar-refractivity contribution in [3.05, 3.63) is 101 Å². The molecule has 0 unspecified atom stereocenters. The quantitative estimate of drug-likeness (QED) is 0.278. The van der Waals surface area contributed by atoms with Gasteiger partial charge in [0.15, 0.2) is 0 Å². The molecular weight excluding hydrogens is 473 g/mol. The van der Waals surface area contributed by atoms with Crippen LogP contribution in [0.1, 0.15) is 27.0 Å². The van der Waals surface area contributed by atoms with Gasteiger partial charge < -0.3 is 4.74 Å². The van der Waals surface area contributed by atoms with E-state index in [1.165, 1.54) is 43.7 Å². The van der Waals surface area contributed by atoms with E-state index in [1.807, 2.05) is 6.92 Å². The van der Waals surface area contributed by atoms with Gasteiger partial charge in [0.05, 0.1) is 30.3 Å². The minimum Gasteiger partial charge on any atom is -0.465 e. The largest absolute Gasteiger partial charge is 0.465 e. The van der Waals surface area contributed by atoms with Crippen LogP contribution in [0.3, 0.4) is 0 Å². The normalized spacial score (nSPS) is 11.5. The second-order valence-electron chi connectivity index (χ2n) is 7.58. The van der Waals surface area contributed by atoms with Crippen molar-refractivity contribution in [2.45, 2.75) is 18.4 Å². The highest BCUT2D eigenvalue weighted by Gasteiger charge is 2.27. The van der Waals surface area contributed by atoms with Gasteiger partial charge in [0.2, 0.25) is 10.0 Å². The summed E-state index contributed by atoms with van der Waals surface area (Å²) in [6, 6.07) is 18.2. The smallest absolute Gasteiger partial charge is 0.337 e. The van der Waals surface area contributed by atoms with Crippen LogP contribution in [-0.4, -0.2) is 44.5 Å². The lowest BCUT2D eigenvalue weighted by molar-refractivity contribution is -0.121. The van der Waals surface area contributed by atoms with Crippen molar-refractivity contribution in [1.82, 2.24) is 9.73 Å². The van der Waals surface area contributed by atoms with Gasteiger partial charge in [-0.25, -0.2) is 23.0 Å². The van der Waals surface area contributed by atoms with E-state index < -0.39 is 34.3 Å². The molecule has 0 aliphatic heterocycles. The van der Waals surface area contributed by atoms with Crippen molar-refractivity contribution < 1.29 is 27.1 Å². The van der Waals surface area contributed by atoms with Crippen molar-refractivity contribution in [2.75, 3.05) is 13.7 Å². The number of nitrogens with zero attached hydrogens (tertiary/aromatic N) is 2. The number of hydrogen-bond acceptors (Lipinski definition) is 6. The number of carbonyl (C=O) groups excluding carboxylic acids is 2. The molecule has 182 valence electrons. The molecule has 35 heavy (non-hydrogen) atoms. The number of sulfonamides is 1. The summed E-state index contributed by atoms with van der Waals surface area (Å²) in [5.74, 6) is -1.77. The molecule has 1 amide bonds. The number of hydrazone groups is 1. The van der Waals surface area contributed by atoms with Gasteiger partial charge in [-0.15, -0.1) is 0 Å². The van der Waals surface area contributed by atoms with Gasteiger partial charge in [-0.05, 0) is 42.8 Å². The van der Waals surface area contributed by atoms with Gasteiger partial charge >= 0.3 is 5.97 Å². The molecule has 0 aromatic heterocycles. The summed E-state index contributed by atoms with van der Waals surface area (Å²) < 4.78 is 46.3. The summed E-state index contributed by atoms with van der Waals surface area (Å²) in [4.78, 5) is 24.0. The van der Waals surface area contributed by atoms with E-state index in [4.69, 9.17) is 0 Å². The summed E-state index contributed by atoms with van der Waals surface area (Å²) in [6.07, 6.45) is 1.34. The third kappa shape index (κ3) is 6.81. The first kappa shape index (κ1) is 25.7. The standard InChI is InChI=1S/C25H24FN3O5S/c1-18-7-13-22(14-8-18)35(32,33)29(16-21-5-3-4-6-23(21)26)17-24(30)28-27-15-19-9-11-20(12-10-19)25(31)34-2/h3-15H,16-17H2,1-2H3,(H,28,30)/b27-15-. The number of amides is 1. The predicted octanol–water partition coefficient (Wildman–Crippen LogP) is 3.26. The molecule has 8 nitrogen and oxygen atoms in total. The minimum atomic E-state index is -4.11. The van der Waals surface area contributed by atoms with Crippen LogP contribution < -0.4 is 5.43 Å². The average molecular weight is 498 g/mol. The SMILES string of the molecule is COC(=O)c1ccc(/C=N\NC(=O)CN(Cc2ccccc2F)S(=O)(=O)c2ccc(C)cc2)cc1. The highest BCUT2D eigenvalue weighted by Crippen LogP contribution is 2.20.